The van der Waals surface area contributed by atoms with E-state index in [1.54, 1.807) is 7.11 Å². The van der Waals surface area contributed by atoms with Crippen LogP contribution in [0.15, 0.2) is 12.2 Å². The predicted molar refractivity (Wildman–Crippen MR) is 89.2 cm³/mol. The number of carboxylic acids is 1. The van der Waals surface area contributed by atoms with E-state index in [0.29, 0.717) is 6.42 Å². The van der Waals surface area contributed by atoms with Crippen LogP contribution in [0.5, 0.6) is 0 Å². The van der Waals surface area contributed by atoms with Gasteiger partial charge in [0.05, 0.1) is 11.6 Å². The lowest BCUT2D eigenvalue weighted by Gasteiger charge is -2.43. The van der Waals surface area contributed by atoms with E-state index in [-0.39, 0.29) is 23.9 Å². The molecule has 0 aromatic rings. The Morgan fingerprint density at radius 3 is 2.43 bits per heavy atom. The molecule has 0 aromatic carbocycles. The Labute approximate surface area is 138 Å². The molecular formula is C17H30N2O4. The number of ether oxygens (including phenoxy) is 1. The molecule has 1 amide bonds. The second kappa shape index (κ2) is 8.45. The fourth-order valence-electron chi connectivity index (χ4n) is 3.68. The number of hydrogen-bond donors (Lipinski definition) is 3. The summed E-state index contributed by atoms with van der Waals surface area (Å²) in [7, 11) is 1.65. The molecule has 4 atom stereocenters. The molecule has 23 heavy (non-hydrogen) atoms. The zero-order valence-electron chi connectivity index (χ0n) is 14.8. The number of amides is 1. The van der Waals surface area contributed by atoms with Crippen molar-refractivity contribution in [2.45, 2.75) is 70.7 Å². The van der Waals surface area contributed by atoms with Gasteiger partial charge in [0.2, 0.25) is 5.91 Å². The number of carbonyl (C=O) groups excluding carboxylic acids is 1. The van der Waals surface area contributed by atoms with Crippen LogP contribution in [0, 0.1) is 5.92 Å². The van der Waals surface area contributed by atoms with Crippen molar-refractivity contribution in [1.29, 1.82) is 0 Å². The summed E-state index contributed by atoms with van der Waals surface area (Å²) in [5.41, 5.74) is -0.531. The van der Waals surface area contributed by atoms with Gasteiger partial charge in [0.15, 0.2) is 0 Å². The number of carboxylic acid groups (broad SMARTS) is 1. The Kier molecular flexibility index (Phi) is 7.22. The summed E-state index contributed by atoms with van der Waals surface area (Å²) in [5.74, 6) is -0.969. The molecule has 0 aliphatic carbocycles. The molecule has 0 unspecified atom stereocenters. The molecular weight excluding hydrogens is 296 g/mol. The van der Waals surface area contributed by atoms with Crippen LogP contribution in [0.3, 0.4) is 0 Å². The van der Waals surface area contributed by atoms with E-state index in [1.165, 1.54) is 6.92 Å². The maximum Gasteiger partial charge on any atom is 0.320 e. The summed E-state index contributed by atoms with van der Waals surface area (Å²) >= 11 is 0. The van der Waals surface area contributed by atoms with E-state index in [4.69, 9.17) is 4.74 Å². The largest absolute Gasteiger partial charge is 0.480 e. The fraction of sp³-hybridized carbons (Fsp3) is 0.765. The molecule has 6 nitrogen and oxygen atoms in total. The summed E-state index contributed by atoms with van der Waals surface area (Å²) in [6, 6.07) is -1.10. The number of carbonyl (C=O) groups is 2. The number of methoxy groups -OCH3 is 1. The lowest BCUT2D eigenvalue weighted by molar-refractivity contribution is -0.139. The molecule has 0 saturated carbocycles. The number of nitrogens with one attached hydrogen (secondary N) is 2. The van der Waals surface area contributed by atoms with Crippen molar-refractivity contribution in [2.75, 3.05) is 7.11 Å². The van der Waals surface area contributed by atoms with Crippen LogP contribution in [0.2, 0.25) is 0 Å². The minimum Gasteiger partial charge on any atom is -0.480 e. The van der Waals surface area contributed by atoms with Gasteiger partial charge < -0.3 is 15.2 Å². The maximum atomic E-state index is 11.8. The molecule has 1 fully saturated rings. The molecule has 3 N–H and O–H groups in total. The summed E-state index contributed by atoms with van der Waals surface area (Å²) in [6.07, 6.45) is 5.91. The predicted octanol–water partition coefficient (Wildman–Crippen LogP) is 1.70. The highest BCUT2D eigenvalue weighted by Gasteiger charge is 2.48. The second-order valence-corrected chi connectivity index (χ2v) is 6.16. The maximum absolute atomic E-state index is 11.8. The lowest BCUT2D eigenvalue weighted by atomic mass is 9.79. The zero-order valence-corrected chi connectivity index (χ0v) is 14.8. The minimum absolute atomic E-state index is 0.0329. The van der Waals surface area contributed by atoms with Gasteiger partial charge in [-0.2, -0.15) is 0 Å². The smallest absolute Gasteiger partial charge is 0.320 e. The first-order valence-electron chi connectivity index (χ1n) is 8.29. The molecule has 1 saturated heterocycles. The third-order valence-electron chi connectivity index (χ3n) is 4.99. The number of rotatable bonds is 8. The molecule has 0 radical (unpaired) electrons. The van der Waals surface area contributed by atoms with Gasteiger partial charge in [0.1, 0.15) is 6.04 Å². The molecule has 0 aromatic heterocycles. The van der Waals surface area contributed by atoms with Crippen molar-refractivity contribution < 1.29 is 19.4 Å². The highest BCUT2D eigenvalue weighted by Crippen LogP contribution is 2.34. The second-order valence-electron chi connectivity index (χ2n) is 6.16. The number of aliphatic carboxylic acids is 1. The third-order valence-corrected chi connectivity index (χ3v) is 4.99. The van der Waals surface area contributed by atoms with Gasteiger partial charge >= 0.3 is 5.97 Å². The SMILES string of the molecule is C/C=C\[C@H]1C[C@H](C(=O)O)N[C@H]1[C@@H](NC(C)=O)C(CC)(CC)OC. The van der Waals surface area contributed by atoms with E-state index in [9.17, 15) is 14.7 Å². The number of allylic oxidation sites excluding steroid dienone is 1. The topological polar surface area (TPSA) is 87.7 Å². The van der Waals surface area contributed by atoms with Crippen molar-refractivity contribution >= 4 is 11.9 Å². The molecule has 1 aliphatic heterocycles. The molecule has 1 rings (SSSR count). The quantitative estimate of drug-likeness (QED) is 0.591. The Bertz CT molecular complexity index is 438. The lowest BCUT2D eigenvalue weighted by Crippen LogP contribution is -2.63. The minimum atomic E-state index is -0.861. The van der Waals surface area contributed by atoms with Crippen molar-refractivity contribution in [3.8, 4) is 0 Å². The Morgan fingerprint density at radius 2 is 2.04 bits per heavy atom. The van der Waals surface area contributed by atoms with E-state index in [1.807, 2.05) is 32.9 Å². The highest BCUT2D eigenvalue weighted by atomic mass is 16.5. The van der Waals surface area contributed by atoms with Crippen molar-refractivity contribution in [2.24, 2.45) is 5.92 Å². The van der Waals surface area contributed by atoms with Crippen LogP contribution in [0.25, 0.3) is 0 Å². The summed E-state index contributed by atoms with van der Waals surface area (Å²) < 4.78 is 5.81. The van der Waals surface area contributed by atoms with E-state index >= 15 is 0 Å². The first-order valence-corrected chi connectivity index (χ1v) is 8.29. The van der Waals surface area contributed by atoms with Crippen LogP contribution in [0.1, 0.15) is 47.0 Å². The first kappa shape index (κ1) is 19.6. The van der Waals surface area contributed by atoms with Crippen LogP contribution in [-0.4, -0.2) is 47.8 Å². The summed E-state index contributed by atoms with van der Waals surface area (Å²) in [6.45, 7) is 7.45. The first-order chi connectivity index (χ1) is 10.8. The monoisotopic (exact) mass is 326 g/mol. The molecule has 1 heterocycles. The number of hydrogen-bond acceptors (Lipinski definition) is 4. The van der Waals surface area contributed by atoms with Gasteiger partial charge in [0, 0.05) is 20.1 Å². The van der Waals surface area contributed by atoms with Crippen LogP contribution < -0.4 is 10.6 Å². The fourth-order valence-corrected chi connectivity index (χ4v) is 3.68. The Hall–Kier alpha value is -1.40. The van der Waals surface area contributed by atoms with Crippen LogP contribution in [0.4, 0.5) is 0 Å². The summed E-state index contributed by atoms with van der Waals surface area (Å²) in [5, 5.41) is 15.6. The van der Waals surface area contributed by atoms with Crippen molar-refractivity contribution in [3.63, 3.8) is 0 Å². The third kappa shape index (κ3) is 4.32. The van der Waals surface area contributed by atoms with E-state index < -0.39 is 17.6 Å². The Balaban J connectivity index is 3.22. The average molecular weight is 326 g/mol. The molecule has 132 valence electrons. The average Bonchev–Trinajstić information content (AvgIpc) is 2.92. The van der Waals surface area contributed by atoms with Gasteiger partial charge in [-0.25, -0.2) is 0 Å². The highest BCUT2D eigenvalue weighted by molar-refractivity contribution is 5.75. The van der Waals surface area contributed by atoms with Gasteiger partial charge in [-0.3, -0.25) is 14.9 Å². The van der Waals surface area contributed by atoms with Gasteiger partial charge in [-0.05, 0) is 32.1 Å². The zero-order chi connectivity index (χ0) is 17.6. The van der Waals surface area contributed by atoms with E-state index in [2.05, 4.69) is 10.6 Å². The molecule has 6 heteroatoms. The Morgan fingerprint density at radius 1 is 1.43 bits per heavy atom. The molecule has 0 spiro atoms. The van der Waals surface area contributed by atoms with E-state index in [0.717, 1.165) is 12.8 Å². The molecule has 0 bridgehead atoms. The van der Waals surface area contributed by atoms with Crippen molar-refractivity contribution in [1.82, 2.24) is 10.6 Å². The molecule has 1 aliphatic rings. The summed E-state index contributed by atoms with van der Waals surface area (Å²) in [4.78, 5) is 23.2. The normalized spacial score (nSPS) is 26.4. The van der Waals surface area contributed by atoms with Crippen molar-refractivity contribution in [3.05, 3.63) is 12.2 Å². The van der Waals surface area contributed by atoms with Crippen LogP contribution in [-0.2, 0) is 14.3 Å². The van der Waals surface area contributed by atoms with Crippen LogP contribution >= 0.6 is 0 Å². The van der Waals surface area contributed by atoms with Gasteiger partial charge in [-0.15, -0.1) is 0 Å². The van der Waals surface area contributed by atoms with Gasteiger partial charge in [-0.1, -0.05) is 26.0 Å². The standard InChI is InChI=1S/C17H30N2O4/c1-6-9-12-10-13(16(21)22)19-14(12)15(18-11(4)20)17(7-2,8-3)23-5/h6,9,12-15,19H,7-8,10H2,1-5H3,(H,18,20)(H,21,22)/b9-6-/t12-,13+,14+,15+/m0/s1. The van der Waals surface area contributed by atoms with Gasteiger partial charge in [0.25, 0.3) is 0 Å².